The molecular formula is C11H10Cl2O4. The van der Waals surface area contributed by atoms with Gasteiger partial charge < -0.3 is 10.2 Å². The molecule has 0 aliphatic heterocycles. The number of carboxylic acid groups (broad SMARTS) is 1. The van der Waals surface area contributed by atoms with Gasteiger partial charge in [0.25, 0.3) is 0 Å². The number of aromatic hydroxyl groups is 1. The molecule has 1 rings (SSSR count). The molecule has 0 amide bonds. The number of carboxylic acids is 1. The lowest BCUT2D eigenvalue weighted by Gasteiger charge is -2.05. The molecule has 0 heterocycles. The number of aliphatic carboxylic acids is 1. The highest BCUT2D eigenvalue weighted by Crippen LogP contribution is 2.32. The van der Waals surface area contributed by atoms with Gasteiger partial charge in [0.1, 0.15) is 5.75 Å². The van der Waals surface area contributed by atoms with Crippen LogP contribution in [0.3, 0.4) is 0 Å². The topological polar surface area (TPSA) is 74.6 Å². The average molecular weight is 277 g/mol. The highest BCUT2D eigenvalue weighted by Gasteiger charge is 2.15. The summed E-state index contributed by atoms with van der Waals surface area (Å²) in [6, 6.07) is 2.64. The monoisotopic (exact) mass is 276 g/mol. The third-order valence-electron chi connectivity index (χ3n) is 2.12. The van der Waals surface area contributed by atoms with Gasteiger partial charge in [-0.1, -0.05) is 23.2 Å². The van der Waals surface area contributed by atoms with Gasteiger partial charge in [0, 0.05) is 17.9 Å². The second-order valence-corrected chi connectivity index (χ2v) is 4.30. The minimum atomic E-state index is -0.967. The van der Waals surface area contributed by atoms with E-state index in [1.165, 1.54) is 12.1 Å². The molecule has 2 N–H and O–H groups in total. The highest BCUT2D eigenvalue weighted by atomic mass is 35.5. The molecule has 0 bridgehead atoms. The van der Waals surface area contributed by atoms with Gasteiger partial charge in [-0.25, -0.2) is 0 Å². The number of phenols is 1. The van der Waals surface area contributed by atoms with Crippen LogP contribution in [0.1, 0.15) is 29.6 Å². The molecule has 0 spiro atoms. The smallest absolute Gasteiger partial charge is 0.303 e. The Morgan fingerprint density at radius 2 is 1.82 bits per heavy atom. The lowest BCUT2D eigenvalue weighted by molar-refractivity contribution is -0.137. The van der Waals surface area contributed by atoms with Crippen molar-refractivity contribution in [1.82, 2.24) is 0 Å². The number of carbonyl (C=O) groups is 2. The fourth-order valence-electron chi connectivity index (χ4n) is 1.31. The molecular weight excluding hydrogens is 267 g/mol. The number of hydrogen-bond acceptors (Lipinski definition) is 3. The zero-order chi connectivity index (χ0) is 13.0. The van der Waals surface area contributed by atoms with E-state index in [2.05, 4.69) is 0 Å². The van der Waals surface area contributed by atoms with E-state index in [1.807, 2.05) is 0 Å². The van der Waals surface area contributed by atoms with Crippen LogP contribution in [0.2, 0.25) is 10.0 Å². The molecule has 0 aromatic heterocycles. The maximum atomic E-state index is 11.7. The van der Waals surface area contributed by atoms with Gasteiger partial charge in [-0.2, -0.15) is 0 Å². The Morgan fingerprint density at radius 3 is 2.41 bits per heavy atom. The number of phenolic OH excluding ortho intramolecular Hbond substituents is 1. The van der Waals surface area contributed by atoms with Crippen molar-refractivity contribution in [2.24, 2.45) is 0 Å². The number of Topliss-reactive ketones (excluding diaryl/α,β-unsaturated/α-hetero) is 1. The van der Waals surface area contributed by atoms with Crippen LogP contribution in [0.5, 0.6) is 5.75 Å². The molecule has 1 aromatic carbocycles. The Balaban J connectivity index is 2.78. The van der Waals surface area contributed by atoms with Crippen LogP contribution in [-0.4, -0.2) is 22.0 Å². The molecule has 0 fully saturated rings. The van der Waals surface area contributed by atoms with Crippen molar-refractivity contribution in [1.29, 1.82) is 0 Å². The van der Waals surface area contributed by atoms with Gasteiger partial charge in [-0.05, 0) is 18.6 Å². The number of ketones is 1. The molecule has 0 aliphatic carbocycles. The predicted molar refractivity (Wildman–Crippen MR) is 63.9 cm³/mol. The van der Waals surface area contributed by atoms with E-state index >= 15 is 0 Å². The quantitative estimate of drug-likeness (QED) is 0.811. The lowest BCUT2D eigenvalue weighted by atomic mass is 10.0. The summed E-state index contributed by atoms with van der Waals surface area (Å²) < 4.78 is 0. The summed E-state index contributed by atoms with van der Waals surface area (Å²) in [5, 5.41) is 18.3. The standard InChI is InChI=1S/C11H10Cl2O4/c12-6-4-7(11(17)8(13)5-6)9(14)2-1-3-10(15)16/h4-5,17H,1-3H2,(H,15,16). The normalized spacial score (nSPS) is 10.2. The first kappa shape index (κ1) is 13.8. The van der Waals surface area contributed by atoms with Gasteiger partial charge in [0.05, 0.1) is 10.6 Å². The van der Waals surface area contributed by atoms with Crippen molar-refractivity contribution in [2.45, 2.75) is 19.3 Å². The van der Waals surface area contributed by atoms with Gasteiger partial charge in [0.15, 0.2) is 5.78 Å². The zero-order valence-electron chi connectivity index (χ0n) is 8.74. The van der Waals surface area contributed by atoms with E-state index in [1.54, 1.807) is 0 Å². The molecule has 0 radical (unpaired) electrons. The summed E-state index contributed by atoms with van der Waals surface area (Å²) in [4.78, 5) is 22.0. The van der Waals surface area contributed by atoms with Crippen LogP contribution >= 0.6 is 23.2 Å². The minimum absolute atomic E-state index is 0.000848. The molecule has 0 saturated carbocycles. The first-order valence-electron chi connectivity index (χ1n) is 4.85. The fraction of sp³-hybridized carbons (Fsp3) is 0.273. The Hall–Kier alpha value is -1.26. The van der Waals surface area contributed by atoms with Crippen molar-refractivity contribution < 1.29 is 19.8 Å². The van der Waals surface area contributed by atoms with Gasteiger partial charge in [-0.15, -0.1) is 0 Å². The number of benzene rings is 1. The SMILES string of the molecule is O=C(O)CCCC(=O)c1cc(Cl)cc(Cl)c1O. The van der Waals surface area contributed by atoms with Crippen LogP contribution in [0.4, 0.5) is 0 Å². The van der Waals surface area contributed by atoms with Crippen molar-refractivity contribution >= 4 is 35.0 Å². The van der Waals surface area contributed by atoms with Crippen LogP contribution < -0.4 is 0 Å². The Morgan fingerprint density at radius 1 is 1.18 bits per heavy atom. The fourth-order valence-corrected chi connectivity index (χ4v) is 1.81. The summed E-state index contributed by atoms with van der Waals surface area (Å²) >= 11 is 11.4. The first-order valence-corrected chi connectivity index (χ1v) is 5.60. The summed E-state index contributed by atoms with van der Waals surface area (Å²) in [6.45, 7) is 0. The summed E-state index contributed by atoms with van der Waals surface area (Å²) in [7, 11) is 0. The van der Waals surface area contributed by atoms with Crippen molar-refractivity contribution in [3.05, 3.63) is 27.7 Å². The average Bonchev–Trinajstić information content (AvgIpc) is 2.22. The molecule has 4 nitrogen and oxygen atoms in total. The molecule has 17 heavy (non-hydrogen) atoms. The van der Waals surface area contributed by atoms with E-state index in [9.17, 15) is 14.7 Å². The molecule has 0 atom stereocenters. The molecule has 0 saturated heterocycles. The third kappa shape index (κ3) is 3.91. The molecule has 1 aromatic rings. The molecule has 0 aliphatic rings. The van der Waals surface area contributed by atoms with Crippen molar-refractivity contribution in [3.8, 4) is 5.75 Å². The van der Waals surface area contributed by atoms with Gasteiger partial charge in [0.2, 0.25) is 0 Å². The van der Waals surface area contributed by atoms with Gasteiger partial charge in [-0.3, -0.25) is 9.59 Å². The van der Waals surface area contributed by atoms with Gasteiger partial charge >= 0.3 is 5.97 Å². The predicted octanol–water partition coefficient (Wildman–Crippen LogP) is 3.14. The molecule has 6 heteroatoms. The molecule has 0 unspecified atom stereocenters. The van der Waals surface area contributed by atoms with Crippen LogP contribution in [0.25, 0.3) is 0 Å². The number of halogens is 2. The van der Waals surface area contributed by atoms with Crippen LogP contribution in [0.15, 0.2) is 12.1 Å². The van der Waals surface area contributed by atoms with E-state index in [0.717, 1.165) is 0 Å². The Bertz CT molecular complexity index is 457. The third-order valence-corrected chi connectivity index (χ3v) is 2.63. The lowest BCUT2D eigenvalue weighted by Crippen LogP contribution is -2.02. The summed E-state index contributed by atoms with van der Waals surface area (Å²) in [6.07, 6.45) is 0.134. The number of hydrogen-bond donors (Lipinski definition) is 2. The van der Waals surface area contributed by atoms with Crippen molar-refractivity contribution in [2.75, 3.05) is 0 Å². The van der Waals surface area contributed by atoms with E-state index in [-0.39, 0.29) is 46.4 Å². The number of carbonyl (C=O) groups excluding carboxylic acids is 1. The second-order valence-electron chi connectivity index (χ2n) is 3.45. The second kappa shape index (κ2) is 5.89. The Kier molecular flexibility index (Phi) is 4.78. The maximum absolute atomic E-state index is 11.7. The van der Waals surface area contributed by atoms with Crippen LogP contribution in [0, 0.1) is 0 Å². The highest BCUT2D eigenvalue weighted by molar-refractivity contribution is 6.36. The van der Waals surface area contributed by atoms with E-state index in [0.29, 0.717) is 0 Å². The Labute approximate surface area is 108 Å². The largest absolute Gasteiger partial charge is 0.506 e. The maximum Gasteiger partial charge on any atom is 0.303 e. The summed E-state index contributed by atoms with van der Waals surface area (Å²) in [5.74, 6) is -1.67. The number of rotatable bonds is 5. The van der Waals surface area contributed by atoms with E-state index in [4.69, 9.17) is 28.3 Å². The van der Waals surface area contributed by atoms with E-state index < -0.39 is 5.97 Å². The zero-order valence-corrected chi connectivity index (χ0v) is 10.3. The molecule has 92 valence electrons. The first-order chi connectivity index (χ1) is 7.91. The summed E-state index contributed by atoms with van der Waals surface area (Å²) in [5.41, 5.74) is 0.0212. The van der Waals surface area contributed by atoms with Crippen molar-refractivity contribution in [3.63, 3.8) is 0 Å². The minimum Gasteiger partial charge on any atom is -0.506 e. The van der Waals surface area contributed by atoms with Crippen LogP contribution in [-0.2, 0) is 4.79 Å².